The maximum atomic E-state index is 13.5. The average molecular weight is 271 g/mol. The van der Waals surface area contributed by atoms with Gasteiger partial charge in [0.1, 0.15) is 12.4 Å². The van der Waals surface area contributed by atoms with Gasteiger partial charge in [0, 0.05) is 0 Å². The van der Waals surface area contributed by atoms with Crippen molar-refractivity contribution >= 4 is 17.6 Å². The Labute approximate surface area is 107 Å². The molecule has 1 aromatic heterocycles. The normalized spacial score (nSPS) is 10.3. The summed E-state index contributed by atoms with van der Waals surface area (Å²) in [5, 5.41) is 8.61. The molecular formula is C12H8ClFO4. The summed E-state index contributed by atoms with van der Waals surface area (Å²) >= 11 is 5.59. The lowest BCUT2D eigenvalue weighted by Crippen LogP contribution is -1.97. The first-order chi connectivity index (χ1) is 8.58. The van der Waals surface area contributed by atoms with Crippen LogP contribution in [0.15, 0.2) is 34.7 Å². The van der Waals surface area contributed by atoms with Crippen molar-refractivity contribution in [3.05, 3.63) is 52.7 Å². The van der Waals surface area contributed by atoms with E-state index in [2.05, 4.69) is 0 Å². The van der Waals surface area contributed by atoms with E-state index in [4.69, 9.17) is 25.9 Å². The summed E-state index contributed by atoms with van der Waals surface area (Å²) in [6.45, 7) is -0.0788. The molecule has 0 spiro atoms. The largest absolute Gasteiger partial charge is 0.483 e. The van der Waals surface area contributed by atoms with Crippen molar-refractivity contribution in [2.24, 2.45) is 0 Å². The number of carboxylic acids is 1. The maximum absolute atomic E-state index is 13.5. The van der Waals surface area contributed by atoms with Crippen LogP contribution in [0.1, 0.15) is 16.3 Å². The Kier molecular flexibility index (Phi) is 3.53. The second-order valence-corrected chi connectivity index (χ2v) is 3.82. The second kappa shape index (κ2) is 5.10. The van der Waals surface area contributed by atoms with Gasteiger partial charge in [0.05, 0.1) is 5.02 Å². The Balaban J connectivity index is 2.07. The van der Waals surface area contributed by atoms with Gasteiger partial charge in [-0.25, -0.2) is 9.18 Å². The highest BCUT2D eigenvalue weighted by atomic mass is 35.5. The molecule has 0 bridgehead atoms. The maximum Gasteiger partial charge on any atom is 0.371 e. The summed E-state index contributed by atoms with van der Waals surface area (Å²) in [6, 6.07) is 7.12. The fraction of sp³-hybridized carbons (Fsp3) is 0.0833. The van der Waals surface area contributed by atoms with Gasteiger partial charge in [-0.1, -0.05) is 17.7 Å². The lowest BCUT2D eigenvalue weighted by molar-refractivity contribution is 0.0658. The predicted octanol–water partition coefficient (Wildman–Crippen LogP) is 3.35. The molecule has 0 aliphatic rings. The number of furan rings is 1. The molecule has 0 fully saturated rings. The highest BCUT2D eigenvalue weighted by molar-refractivity contribution is 6.30. The van der Waals surface area contributed by atoms with E-state index in [0.717, 1.165) is 0 Å². The zero-order chi connectivity index (χ0) is 13.1. The van der Waals surface area contributed by atoms with Crippen molar-refractivity contribution in [3.63, 3.8) is 0 Å². The standard InChI is InChI=1S/C12H8ClFO4/c13-8-2-1-3-9(11(8)14)17-6-7-4-5-10(18-7)12(15)16/h1-5H,6H2,(H,15,16). The van der Waals surface area contributed by atoms with Crippen LogP contribution in [0.25, 0.3) is 0 Å². The van der Waals surface area contributed by atoms with E-state index in [0.29, 0.717) is 0 Å². The Morgan fingerprint density at radius 3 is 2.83 bits per heavy atom. The van der Waals surface area contributed by atoms with E-state index in [1.165, 1.54) is 24.3 Å². The van der Waals surface area contributed by atoms with Crippen LogP contribution in [-0.4, -0.2) is 11.1 Å². The molecule has 0 unspecified atom stereocenters. The van der Waals surface area contributed by atoms with Crippen LogP contribution in [0.2, 0.25) is 5.02 Å². The molecule has 0 atom stereocenters. The Bertz CT molecular complexity index is 579. The lowest BCUT2D eigenvalue weighted by atomic mass is 10.3. The minimum Gasteiger partial charge on any atom is -0.483 e. The highest BCUT2D eigenvalue weighted by Gasteiger charge is 2.11. The quantitative estimate of drug-likeness (QED) is 0.925. The first-order valence-electron chi connectivity index (χ1n) is 4.96. The monoisotopic (exact) mass is 270 g/mol. The Morgan fingerprint density at radius 1 is 1.39 bits per heavy atom. The van der Waals surface area contributed by atoms with Gasteiger partial charge in [-0.05, 0) is 24.3 Å². The first kappa shape index (κ1) is 12.4. The van der Waals surface area contributed by atoms with Crippen molar-refractivity contribution in [1.29, 1.82) is 0 Å². The van der Waals surface area contributed by atoms with Crippen molar-refractivity contribution in [1.82, 2.24) is 0 Å². The van der Waals surface area contributed by atoms with E-state index in [-0.39, 0.29) is 28.9 Å². The molecule has 0 saturated carbocycles. The second-order valence-electron chi connectivity index (χ2n) is 3.41. The zero-order valence-corrected chi connectivity index (χ0v) is 9.78. The van der Waals surface area contributed by atoms with Gasteiger partial charge < -0.3 is 14.3 Å². The van der Waals surface area contributed by atoms with E-state index in [1.807, 2.05) is 0 Å². The molecule has 1 aromatic carbocycles. The number of carbonyl (C=O) groups is 1. The summed E-state index contributed by atoms with van der Waals surface area (Å²) in [5.41, 5.74) is 0. The van der Waals surface area contributed by atoms with Crippen LogP contribution in [0.4, 0.5) is 4.39 Å². The van der Waals surface area contributed by atoms with Crippen LogP contribution in [0.3, 0.4) is 0 Å². The van der Waals surface area contributed by atoms with Crippen molar-refractivity contribution < 1.29 is 23.4 Å². The molecule has 0 saturated heterocycles. The fourth-order valence-electron chi connectivity index (χ4n) is 1.31. The molecule has 0 aliphatic heterocycles. The molecule has 1 heterocycles. The van der Waals surface area contributed by atoms with Crippen LogP contribution in [0, 0.1) is 5.82 Å². The number of aromatic carboxylic acids is 1. The third-order valence-corrected chi connectivity index (χ3v) is 2.45. The van der Waals surface area contributed by atoms with Crippen LogP contribution >= 0.6 is 11.6 Å². The van der Waals surface area contributed by atoms with Gasteiger partial charge in [0.15, 0.2) is 11.6 Å². The average Bonchev–Trinajstić information content (AvgIpc) is 2.80. The number of rotatable bonds is 4. The summed E-state index contributed by atoms with van der Waals surface area (Å²) < 4.78 is 23.6. The summed E-state index contributed by atoms with van der Waals surface area (Å²) in [4.78, 5) is 10.6. The van der Waals surface area contributed by atoms with E-state index < -0.39 is 11.8 Å². The van der Waals surface area contributed by atoms with Crippen molar-refractivity contribution in [3.8, 4) is 5.75 Å². The third-order valence-electron chi connectivity index (χ3n) is 2.16. The topological polar surface area (TPSA) is 59.7 Å². The number of carboxylic acid groups (broad SMARTS) is 1. The summed E-state index contributed by atoms with van der Waals surface area (Å²) in [6.07, 6.45) is 0. The molecular weight excluding hydrogens is 263 g/mol. The number of hydrogen-bond acceptors (Lipinski definition) is 3. The summed E-state index contributed by atoms with van der Waals surface area (Å²) in [7, 11) is 0. The number of halogens is 2. The van der Waals surface area contributed by atoms with Crippen LogP contribution < -0.4 is 4.74 Å². The number of ether oxygens (including phenoxy) is 1. The Hall–Kier alpha value is -2.01. The molecule has 0 aliphatic carbocycles. The van der Waals surface area contributed by atoms with Gasteiger partial charge in [-0.2, -0.15) is 0 Å². The first-order valence-corrected chi connectivity index (χ1v) is 5.34. The molecule has 6 heteroatoms. The molecule has 18 heavy (non-hydrogen) atoms. The zero-order valence-electron chi connectivity index (χ0n) is 9.02. The van der Waals surface area contributed by atoms with E-state index in [9.17, 15) is 9.18 Å². The highest BCUT2D eigenvalue weighted by Crippen LogP contribution is 2.25. The lowest BCUT2D eigenvalue weighted by Gasteiger charge is -2.05. The Morgan fingerprint density at radius 2 is 2.17 bits per heavy atom. The van der Waals surface area contributed by atoms with Crippen molar-refractivity contribution in [2.75, 3.05) is 0 Å². The molecule has 1 N–H and O–H groups in total. The molecule has 2 aromatic rings. The molecule has 94 valence electrons. The fourth-order valence-corrected chi connectivity index (χ4v) is 1.48. The van der Waals surface area contributed by atoms with Gasteiger partial charge in [0.25, 0.3) is 0 Å². The van der Waals surface area contributed by atoms with Crippen LogP contribution in [0.5, 0.6) is 5.75 Å². The smallest absolute Gasteiger partial charge is 0.371 e. The molecule has 2 rings (SSSR count). The SMILES string of the molecule is O=C(O)c1ccc(COc2cccc(Cl)c2F)o1. The third kappa shape index (κ3) is 2.62. The summed E-state index contributed by atoms with van der Waals surface area (Å²) in [5.74, 6) is -1.76. The van der Waals surface area contributed by atoms with Gasteiger partial charge >= 0.3 is 5.97 Å². The molecule has 4 nitrogen and oxygen atoms in total. The predicted molar refractivity (Wildman–Crippen MR) is 61.4 cm³/mol. The van der Waals surface area contributed by atoms with Gasteiger partial charge in [-0.15, -0.1) is 0 Å². The minimum absolute atomic E-state index is 0.0178. The minimum atomic E-state index is -1.17. The van der Waals surface area contributed by atoms with Crippen LogP contribution in [-0.2, 0) is 6.61 Å². The van der Waals surface area contributed by atoms with E-state index in [1.54, 1.807) is 6.07 Å². The number of benzene rings is 1. The molecule has 0 amide bonds. The van der Waals surface area contributed by atoms with Gasteiger partial charge in [0.2, 0.25) is 5.76 Å². The number of hydrogen-bond donors (Lipinski definition) is 1. The molecule has 0 radical (unpaired) electrons. The van der Waals surface area contributed by atoms with E-state index >= 15 is 0 Å². The van der Waals surface area contributed by atoms with Crippen molar-refractivity contribution in [2.45, 2.75) is 6.61 Å². The van der Waals surface area contributed by atoms with Gasteiger partial charge in [-0.3, -0.25) is 0 Å².